The molecule has 0 spiro atoms. The van der Waals surface area contributed by atoms with Gasteiger partial charge in [-0.3, -0.25) is 14.5 Å². The molecule has 0 unspecified atom stereocenters. The minimum absolute atomic E-state index is 0.255. The van der Waals surface area contributed by atoms with Gasteiger partial charge in [0.25, 0.3) is 11.8 Å². The predicted octanol–water partition coefficient (Wildman–Crippen LogP) is 2.93. The molecule has 0 aliphatic carbocycles. The van der Waals surface area contributed by atoms with Crippen molar-refractivity contribution in [2.45, 2.75) is 46.1 Å². The molecule has 3 rings (SSSR count). The van der Waals surface area contributed by atoms with Crippen LogP contribution in [0.1, 0.15) is 71.7 Å². The van der Waals surface area contributed by atoms with Crippen LogP contribution in [0, 0.1) is 0 Å². The van der Waals surface area contributed by atoms with Crippen LogP contribution in [0.3, 0.4) is 0 Å². The first-order valence-electron chi connectivity index (χ1n) is 10.5. The molecule has 1 aliphatic rings. The first kappa shape index (κ1) is 21.5. The van der Waals surface area contributed by atoms with Gasteiger partial charge in [-0.25, -0.2) is 4.99 Å². The summed E-state index contributed by atoms with van der Waals surface area (Å²) in [5.74, 6) is 1.19. The van der Waals surface area contributed by atoms with E-state index in [-0.39, 0.29) is 18.4 Å². The molecule has 0 fully saturated rings. The molecular weight excluding hydrogens is 382 g/mol. The zero-order chi connectivity index (χ0) is 21.5. The van der Waals surface area contributed by atoms with Crippen molar-refractivity contribution < 1.29 is 14.1 Å². The van der Waals surface area contributed by atoms with Gasteiger partial charge in [0.1, 0.15) is 6.54 Å². The molecule has 0 saturated carbocycles. The first-order valence-corrected chi connectivity index (χ1v) is 10.5. The van der Waals surface area contributed by atoms with Gasteiger partial charge in [0.2, 0.25) is 0 Å². The minimum Gasteiger partial charge on any atom is -0.359 e. The maximum atomic E-state index is 12.4. The van der Waals surface area contributed by atoms with Crippen LogP contribution in [-0.4, -0.2) is 47.5 Å². The molecule has 0 atom stereocenters. The highest BCUT2D eigenvalue weighted by molar-refractivity contribution is 6.21. The smallest absolute Gasteiger partial charge is 0.261 e. The Morgan fingerprint density at radius 1 is 1.10 bits per heavy atom. The van der Waals surface area contributed by atoms with Crippen LogP contribution < -0.4 is 10.6 Å². The van der Waals surface area contributed by atoms with Gasteiger partial charge in [0, 0.05) is 31.6 Å². The second kappa shape index (κ2) is 10.0. The predicted molar refractivity (Wildman–Crippen MR) is 114 cm³/mol. The van der Waals surface area contributed by atoms with Crippen molar-refractivity contribution in [2.24, 2.45) is 4.99 Å². The standard InChI is InChI=1S/C22H29N5O3/c1-4-15(5-2)19-13-16(30-26-19)14-25-22(23-6-3)24-11-12-27-20(28)17-9-7-8-10-18(17)21(27)29/h7-10,13,15H,4-6,11-12,14H2,1-3H3,(H2,23,24,25). The molecule has 2 aromatic rings. The number of guanidine groups is 1. The zero-order valence-corrected chi connectivity index (χ0v) is 17.8. The summed E-state index contributed by atoms with van der Waals surface area (Å²) in [7, 11) is 0. The average molecular weight is 412 g/mol. The Labute approximate surface area is 176 Å². The number of benzene rings is 1. The van der Waals surface area contributed by atoms with Crippen molar-refractivity contribution in [3.05, 3.63) is 52.9 Å². The third-order valence-corrected chi connectivity index (χ3v) is 5.22. The largest absolute Gasteiger partial charge is 0.359 e. The van der Waals surface area contributed by atoms with Gasteiger partial charge >= 0.3 is 0 Å². The van der Waals surface area contributed by atoms with Gasteiger partial charge in [-0.05, 0) is 31.9 Å². The number of aromatic nitrogens is 1. The van der Waals surface area contributed by atoms with Crippen molar-refractivity contribution in [3.8, 4) is 0 Å². The number of fused-ring (bicyclic) bond motifs is 1. The molecular formula is C22H29N5O3. The molecule has 160 valence electrons. The van der Waals surface area contributed by atoms with E-state index in [0.29, 0.717) is 48.4 Å². The summed E-state index contributed by atoms with van der Waals surface area (Å²) in [5.41, 5.74) is 1.89. The number of nitrogens with one attached hydrogen (secondary N) is 2. The maximum absolute atomic E-state index is 12.4. The lowest BCUT2D eigenvalue weighted by atomic mass is 9.99. The molecule has 1 aromatic carbocycles. The van der Waals surface area contributed by atoms with Crippen molar-refractivity contribution in [1.82, 2.24) is 20.7 Å². The van der Waals surface area contributed by atoms with E-state index in [1.807, 2.05) is 13.0 Å². The molecule has 8 nitrogen and oxygen atoms in total. The fourth-order valence-electron chi connectivity index (χ4n) is 3.53. The summed E-state index contributed by atoms with van der Waals surface area (Å²) >= 11 is 0. The van der Waals surface area contributed by atoms with E-state index in [1.54, 1.807) is 24.3 Å². The third-order valence-electron chi connectivity index (χ3n) is 5.22. The molecule has 1 aliphatic heterocycles. The molecule has 30 heavy (non-hydrogen) atoms. The van der Waals surface area contributed by atoms with E-state index in [1.165, 1.54) is 4.90 Å². The summed E-state index contributed by atoms with van der Waals surface area (Å²) in [6.07, 6.45) is 2.04. The monoisotopic (exact) mass is 411 g/mol. The summed E-state index contributed by atoms with van der Waals surface area (Å²) in [6.45, 7) is 7.96. The number of amides is 2. The molecule has 8 heteroatoms. The van der Waals surface area contributed by atoms with Gasteiger partial charge < -0.3 is 15.2 Å². The maximum Gasteiger partial charge on any atom is 0.261 e. The Kier molecular flexibility index (Phi) is 7.21. The first-order chi connectivity index (χ1) is 14.6. The van der Waals surface area contributed by atoms with Crippen LogP contribution in [-0.2, 0) is 6.54 Å². The molecule has 0 radical (unpaired) electrons. The van der Waals surface area contributed by atoms with Crippen LogP contribution in [0.2, 0.25) is 0 Å². The van der Waals surface area contributed by atoms with Crippen molar-refractivity contribution in [2.75, 3.05) is 19.6 Å². The lowest BCUT2D eigenvalue weighted by molar-refractivity contribution is 0.0657. The highest BCUT2D eigenvalue weighted by Crippen LogP contribution is 2.23. The van der Waals surface area contributed by atoms with E-state index in [2.05, 4.69) is 34.6 Å². The van der Waals surface area contributed by atoms with Crippen LogP contribution >= 0.6 is 0 Å². The number of carbonyl (C=O) groups excluding carboxylic acids is 2. The van der Waals surface area contributed by atoms with Gasteiger partial charge in [-0.15, -0.1) is 0 Å². The molecule has 2 heterocycles. The zero-order valence-electron chi connectivity index (χ0n) is 17.8. The van der Waals surface area contributed by atoms with E-state index in [9.17, 15) is 9.59 Å². The number of hydrogen-bond acceptors (Lipinski definition) is 5. The lowest BCUT2D eigenvalue weighted by Gasteiger charge is -2.16. The topological polar surface area (TPSA) is 99.8 Å². The molecule has 1 aromatic heterocycles. The van der Waals surface area contributed by atoms with Crippen molar-refractivity contribution in [1.29, 1.82) is 0 Å². The van der Waals surface area contributed by atoms with Crippen LogP contribution in [0.5, 0.6) is 0 Å². The van der Waals surface area contributed by atoms with Gasteiger partial charge in [0.15, 0.2) is 11.7 Å². The number of rotatable bonds is 9. The SMILES string of the molecule is CCNC(=NCc1cc(C(CC)CC)no1)NCCN1C(=O)c2ccccc2C1=O. The van der Waals surface area contributed by atoms with E-state index >= 15 is 0 Å². The van der Waals surface area contributed by atoms with Crippen molar-refractivity contribution in [3.63, 3.8) is 0 Å². The summed E-state index contributed by atoms with van der Waals surface area (Å²) in [5, 5.41) is 10.5. The number of aliphatic imine (C=N–C) groups is 1. The number of nitrogens with zero attached hydrogens (tertiary/aromatic N) is 3. The summed E-state index contributed by atoms with van der Waals surface area (Å²) < 4.78 is 5.42. The highest BCUT2D eigenvalue weighted by Gasteiger charge is 2.34. The number of hydrogen-bond donors (Lipinski definition) is 2. The number of carbonyl (C=O) groups is 2. The molecule has 0 bridgehead atoms. The van der Waals surface area contributed by atoms with Crippen LogP contribution in [0.25, 0.3) is 0 Å². The normalized spacial score (nSPS) is 13.9. The second-order valence-electron chi connectivity index (χ2n) is 7.16. The molecule has 0 saturated heterocycles. The second-order valence-corrected chi connectivity index (χ2v) is 7.16. The molecule has 2 amide bonds. The third kappa shape index (κ3) is 4.69. The van der Waals surface area contributed by atoms with E-state index < -0.39 is 0 Å². The van der Waals surface area contributed by atoms with Crippen LogP contribution in [0.4, 0.5) is 0 Å². The Morgan fingerprint density at radius 3 is 2.37 bits per heavy atom. The molecule has 2 N–H and O–H groups in total. The summed E-state index contributed by atoms with van der Waals surface area (Å²) in [4.78, 5) is 30.7. The van der Waals surface area contributed by atoms with Crippen LogP contribution in [0.15, 0.2) is 39.8 Å². The van der Waals surface area contributed by atoms with E-state index in [0.717, 1.165) is 18.5 Å². The minimum atomic E-state index is -0.255. The highest BCUT2D eigenvalue weighted by atomic mass is 16.5. The fourth-order valence-corrected chi connectivity index (χ4v) is 3.53. The Bertz CT molecular complexity index is 882. The Hall–Kier alpha value is -3.16. The van der Waals surface area contributed by atoms with E-state index in [4.69, 9.17) is 4.52 Å². The fraction of sp³-hybridized carbons (Fsp3) is 0.455. The average Bonchev–Trinajstić information content (AvgIpc) is 3.32. The Morgan fingerprint density at radius 2 is 1.77 bits per heavy atom. The van der Waals surface area contributed by atoms with Gasteiger partial charge in [-0.1, -0.05) is 31.1 Å². The Balaban J connectivity index is 1.56. The lowest BCUT2D eigenvalue weighted by Crippen LogP contribution is -2.43. The van der Waals surface area contributed by atoms with Crippen molar-refractivity contribution >= 4 is 17.8 Å². The number of imide groups is 1. The van der Waals surface area contributed by atoms with Gasteiger partial charge in [0.05, 0.1) is 16.8 Å². The quantitative estimate of drug-likeness (QED) is 0.374. The summed E-state index contributed by atoms with van der Waals surface area (Å²) in [6, 6.07) is 8.85. The van der Waals surface area contributed by atoms with Gasteiger partial charge in [-0.2, -0.15) is 0 Å².